The summed E-state index contributed by atoms with van der Waals surface area (Å²) >= 11 is 0. The predicted octanol–water partition coefficient (Wildman–Crippen LogP) is 1.57. The molecule has 1 saturated heterocycles. The van der Waals surface area contributed by atoms with Crippen molar-refractivity contribution in [2.75, 3.05) is 18.0 Å². The van der Waals surface area contributed by atoms with Gasteiger partial charge in [-0.05, 0) is 29.8 Å². The number of nitrogens with one attached hydrogen (secondary N) is 1. The van der Waals surface area contributed by atoms with Gasteiger partial charge >= 0.3 is 6.09 Å². The van der Waals surface area contributed by atoms with Crippen LogP contribution in [0.1, 0.15) is 12.5 Å². The van der Waals surface area contributed by atoms with Gasteiger partial charge in [0.05, 0.1) is 31.1 Å². The van der Waals surface area contributed by atoms with Gasteiger partial charge in [0.1, 0.15) is 11.9 Å². The largest absolute Gasteiger partial charge is 0.442 e. The van der Waals surface area contributed by atoms with E-state index in [2.05, 4.69) is 5.32 Å². The molecule has 0 saturated carbocycles. The van der Waals surface area contributed by atoms with Crippen LogP contribution in [0.25, 0.3) is 5.69 Å². The van der Waals surface area contributed by atoms with Crippen LogP contribution in [0.2, 0.25) is 0 Å². The molecule has 2 N–H and O–H groups in total. The van der Waals surface area contributed by atoms with E-state index in [-0.39, 0.29) is 25.6 Å². The van der Waals surface area contributed by atoms with Crippen LogP contribution < -0.4 is 10.2 Å². The quantitative estimate of drug-likeness (QED) is 0.860. The number of aliphatic hydroxyl groups is 1. The number of carbonyl (C=O) groups excluding carboxylic acids is 2. The minimum atomic E-state index is -0.578. The van der Waals surface area contributed by atoms with Crippen molar-refractivity contribution in [2.45, 2.75) is 19.6 Å². The number of hydrogen-bond acceptors (Lipinski definition) is 4. The highest BCUT2D eigenvalue weighted by molar-refractivity contribution is 5.90. The average Bonchev–Trinajstić information content (AvgIpc) is 3.19. The second-order valence-corrected chi connectivity index (χ2v) is 5.77. The van der Waals surface area contributed by atoms with Crippen LogP contribution in [0.15, 0.2) is 36.7 Å². The molecule has 0 radical (unpaired) electrons. The molecule has 1 atom stereocenters. The molecule has 132 valence electrons. The number of amides is 2. The number of ether oxygens (including phenoxy) is 1. The van der Waals surface area contributed by atoms with Gasteiger partial charge in [-0.2, -0.15) is 0 Å². The second kappa shape index (κ2) is 6.94. The molecule has 2 aromatic rings. The Kier molecular flexibility index (Phi) is 4.71. The second-order valence-electron chi connectivity index (χ2n) is 5.77. The van der Waals surface area contributed by atoms with Crippen LogP contribution in [0.3, 0.4) is 0 Å². The smallest absolute Gasteiger partial charge is 0.414 e. The summed E-state index contributed by atoms with van der Waals surface area (Å²) in [5.74, 6) is -0.713. The molecule has 1 aromatic heterocycles. The standard InChI is InChI=1S/C17H18FN3O4/c1-11(23)19-7-14-9-21(17(24)25-14)13-2-3-16(15(18)6-13)20-5-4-12(8-20)10-22/h2-6,8,14,22H,7,9-10H2,1H3,(H,19,23)/t14-/m0/s1. The zero-order valence-electron chi connectivity index (χ0n) is 13.6. The van der Waals surface area contributed by atoms with E-state index in [1.54, 1.807) is 35.2 Å². The maximum Gasteiger partial charge on any atom is 0.414 e. The van der Waals surface area contributed by atoms with Gasteiger partial charge in [0.25, 0.3) is 0 Å². The van der Waals surface area contributed by atoms with Crippen LogP contribution in [-0.2, 0) is 16.1 Å². The Morgan fingerprint density at radius 3 is 2.88 bits per heavy atom. The molecule has 1 fully saturated rings. The first-order valence-corrected chi connectivity index (χ1v) is 7.78. The predicted molar refractivity (Wildman–Crippen MR) is 87.9 cm³/mol. The van der Waals surface area contributed by atoms with E-state index in [9.17, 15) is 14.0 Å². The Balaban J connectivity index is 1.76. The van der Waals surface area contributed by atoms with Crippen molar-refractivity contribution in [1.82, 2.24) is 9.88 Å². The van der Waals surface area contributed by atoms with E-state index < -0.39 is 18.0 Å². The number of cyclic esters (lactones) is 1. The lowest BCUT2D eigenvalue weighted by molar-refractivity contribution is -0.119. The molecule has 0 aliphatic carbocycles. The van der Waals surface area contributed by atoms with Crippen LogP contribution in [0.4, 0.5) is 14.9 Å². The molecule has 3 rings (SSSR count). The monoisotopic (exact) mass is 347 g/mol. The molecule has 7 nitrogen and oxygen atoms in total. The molecule has 8 heteroatoms. The Hall–Kier alpha value is -2.87. The maximum atomic E-state index is 14.5. The summed E-state index contributed by atoms with van der Waals surface area (Å²) in [6, 6.07) is 6.13. The lowest BCUT2D eigenvalue weighted by Gasteiger charge is -2.14. The van der Waals surface area contributed by atoms with Gasteiger partial charge in [-0.3, -0.25) is 9.69 Å². The fourth-order valence-electron chi connectivity index (χ4n) is 2.65. The van der Waals surface area contributed by atoms with Crippen LogP contribution in [0.5, 0.6) is 0 Å². The third-order valence-corrected chi connectivity index (χ3v) is 3.91. The van der Waals surface area contributed by atoms with E-state index >= 15 is 0 Å². The van der Waals surface area contributed by atoms with Crippen molar-refractivity contribution in [3.63, 3.8) is 0 Å². The van der Waals surface area contributed by atoms with E-state index in [1.807, 2.05) is 0 Å². The summed E-state index contributed by atoms with van der Waals surface area (Å²) in [5.41, 5.74) is 1.37. The number of aliphatic hydroxyl groups excluding tert-OH is 1. The Bertz CT molecular complexity index is 805. The molecule has 0 unspecified atom stereocenters. The van der Waals surface area contributed by atoms with E-state index in [0.717, 1.165) is 0 Å². The number of anilines is 1. The molecule has 1 aliphatic heterocycles. The number of nitrogens with zero attached hydrogens (tertiary/aromatic N) is 2. The third-order valence-electron chi connectivity index (χ3n) is 3.91. The van der Waals surface area contributed by atoms with Crippen molar-refractivity contribution in [3.8, 4) is 5.69 Å². The molecule has 1 aliphatic rings. The number of benzene rings is 1. The van der Waals surface area contributed by atoms with Gasteiger partial charge in [-0.25, -0.2) is 9.18 Å². The van der Waals surface area contributed by atoms with E-state index in [1.165, 1.54) is 17.9 Å². The summed E-state index contributed by atoms with van der Waals surface area (Å²) in [4.78, 5) is 24.2. The lowest BCUT2D eigenvalue weighted by atomic mass is 10.2. The van der Waals surface area contributed by atoms with E-state index in [4.69, 9.17) is 9.84 Å². The first kappa shape index (κ1) is 17.0. The third kappa shape index (κ3) is 3.63. The Morgan fingerprint density at radius 1 is 1.44 bits per heavy atom. The van der Waals surface area contributed by atoms with Crippen molar-refractivity contribution < 1.29 is 23.8 Å². The van der Waals surface area contributed by atoms with Crippen LogP contribution in [-0.4, -0.2) is 40.9 Å². The fraction of sp³-hybridized carbons (Fsp3) is 0.294. The zero-order chi connectivity index (χ0) is 18.0. The summed E-state index contributed by atoms with van der Waals surface area (Å²) in [6.45, 7) is 1.70. The number of hydrogen-bond donors (Lipinski definition) is 2. The minimum absolute atomic E-state index is 0.123. The highest BCUT2D eigenvalue weighted by atomic mass is 19.1. The minimum Gasteiger partial charge on any atom is -0.442 e. The maximum absolute atomic E-state index is 14.5. The average molecular weight is 347 g/mol. The molecule has 25 heavy (non-hydrogen) atoms. The molecule has 1 aromatic carbocycles. The fourth-order valence-corrected chi connectivity index (χ4v) is 2.65. The topological polar surface area (TPSA) is 83.8 Å². The van der Waals surface area contributed by atoms with Crippen molar-refractivity contribution in [1.29, 1.82) is 0 Å². The van der Waals surface area contributed by atoms with Gasteiger partial charge in [0.2, 0.25) is 5.91 Å². The van der Waals surface area contributed by atoms with E-state index in [0.29, 0.717) is 16.9 Å². The first-order valence-electron chi connectivity index (χ1n) is 7.78. The van der Waals surface area contributed by atoms with Crippen molar-refractivity contribution in [2.24, 2.45) is 0 Å². The Labute approximate surface area is 143 Å². The molecule has 2 heterocycles. The van der Waals surface area contributed by atoms with Gasteiger partial charge in [0, 0.05) is 19.3 Å². The summed E-state index contributed by atoms with van der Waals surface area (Å²) in [6.07, 6.45) is 2.23. The number of aromatic nitrogens is 1. The molecular formula is C17H18FN3O4. The normalized spacial score (nSPS) is 16.8. The van der Waals surface area contributed by atoms with Gasteiger partial charge in [0.15, 0.2) is 0 Å². The van der Waals surface area contributed by atoms with Crippen LogP contribution in [0, 0.1) is 5.82 Å². The van der Waals surface area contributed by atoms with Gasteiger partial charge < -0.3 is 19.7 Å². The summed E-state index contributed by atoms with van der Waals surface area (Å²) in [7, 11) is 0. The number of rotatable bonds is 5. The zero-order valence-corrected chi connectivity index (χ0v) is 13.6. The van der Waals surface area contributed by atoms with Crippen molar-refractivity contribution in [3.05, 3.63) is 48.0 Å². The summed E-state index contributed by atoms with van der Waals surface area (Å²) < 4.78 is 21.2. The lowest BCUT2D eigenvalue weighted by Crippen LogP contribution is -2.33. The first-order chi connectivity index (χ1) is 12.0. The highest BCUT2D eigenvalue weighted by Crippen LogP contribution is 2.25. The van der Waals surface area contributed by atoms with Gasteiger partial charge in [-0.15, -0.1) is 0 Å². The number of halogens is 1. The van der Waals surface area contributed by atoms with Crippen molar-refractivity contribution >= 4 is 17.7 Å². The molecule has 0 spiro atoms. The molecule has 0 bridgehead atoms. The highest BCUT2D eigenvalue weighted by Gasteiger charge is 2.32. The molecular weight excluding hydrogens is 329 g/mol. The van der Waals surface area contributed by atoms with Crippen LogP contribution >= 0.6 is 0 Å². The number of carbonyl (C=O) groups is 2. The Morgan fingerprint density at radius 2 is 2.24 bits per heavy atom. The van der Waals surface area contributed by atoms with Gasteiger partial charge in [-0.1, -0.05) is 0 Å². The summed E-state index contributed by atoms with van der Waals surface area (Å²) in [5, 5.41) is 11.7. The molecule has 2 amide bonds. The SMILES string of the molecule is CC(=O)NC[C@H]1CN(c2ccc(-n3ccc(CO)c3)c(F)c2)C(=O)O1.